The van der Waals surface area contributed by atoms with Gasteiger partial charge in [0.25, 0.3) is 0 Å². The van der Waals surface area contributed by atoms with Gasteiger partial charge in [0.2, 0.25) is 0 Å². The predicted molar refractivity (Wildman–Crippen MR) is 58.5 cm³/mol. The lowest BCUT2D eigenvalue weighted by Crippen LogP contribution is -2.03. The molecule has 0 aliphatic heterocycles. The highest BCUT2D eigenvalue weighted by Crippen LogP contribution is 2.18. The summed E-state index contributed by atoms with van der Waals surface area (Å²) in [5, 5.41) is 1.75. The van der Waals surface area contributed by atoms with Gasteiger partial charge in [0, 0.05) is 4.90 Å². The Labute approximate surface area is 88.0 Å². The lowest BCUT2D eigenvalue weighted by molar-refractivity contribution is 0.0526. The molecule has 1 aromatic carbocycles. The Bertz CT molecular complexity index is 317. The van der Waals surface area contributed by atoms with Crippen LogP contribution in [0.1, 0.15) is 17.3 Å². The summed E-state index contributed by atoms with van der Waals surface area (Å²) in [6, 6.07) is 7.25. The number of esters is 1. The first-order chi connectivity index (χ1) is 6.77. The Morgan fingerprint density at radius 2 is 2.14 bits per heavy atom. The predicted octanol–water partition coefficient (Wildman–Crippen LogP) is 3.10. The van der Waals surface area contributed by atoms with Crippen LogP contribution in [0.25, 0.3) is 0 Å². The van der Waals surface area contributed by atoms with Crippen LogP contribution < -0.4 is 0 Å². The van der Waals surface area contributed by atoms with Crippen molar-refractivity contribution in [2.24, 2.45) is 0 Å². The van der Waals surface area contributed by atoms with Gasteiger partial charge in [-0.1, -0.05) is 18.3 Å². The van der Waals surface area contributed by atoms with E-state index in [1.807, 2.05) is 12.1 Å². The van der Waals surface area contributed by atoms with E-state index in [1.165, 1.54) is 11.8 Å². The number of rotatable bonds is 4. The van der Waals surface area contributed by atoms with E-state index in [4.69, 9.17) is 4.74 Å². The summed E-state index contributed by atoms with van der Waals surface area (Å²) >= 11 is 1.52. The average molecular weight is 208 g/mol. The third-order valence-electron chi connectivity index (χ3n) is 1.58. The molecule has 2 nitrogen and oxygen atoms in total. The van der Waals surface area contributed by atoms with Gasteiger partial charge < -0.3 is 4.74 Å². The van der Waals surface area contributed by atoms with E-state index >= 15 is 0 Å². The van der Waals surface area contributed by atoms with E-state index in [0.29, 0.717) is 12.2 Å². The first kappa shape index (κ1) is 10.9. The van der Waals surface area contributed by atoms with Crippen LogP contribution in [-0.4, -0.2) is 12.6 Å². The molecule has 1 aromatic rings. The topological polar surface area (TPSA) is 26.3 Å². The van der Waals surface area contributed by atoms with Crippen molar-refractivity contribution in [3.63, 3.8) is 0 Å². The van der Waals surface area contributed by atoms with Gasteiger partial charge in [-0.15, -0.1) is 0 Å². The Balaban J connectivity index is 2.72. The summed E-state index contributed by atoms with van der Waals surface area (Å²) in [5.41, 5.74) is 0.584. The largest absolute Gasteiger partial charge is 0.462 e. The van der Waals surface area contributed by atoms with Gasteiger partial charge in [-0.05, 0) is 36.6 Å². The van der Waals surface area contributed by atoms with Gasteiger partial charge in [0.1, 0.15) is 0 Å². The highest BCUT2D eigenvalue weighted by atomic mass is 32.2. The quantitative estimate of drug-likeness (QED) is 0.562. The molecule has 0 fully saturated rings. The second kappa shape index (κ2) is 5.50. The average Bonchev–Trinajstić information content (AvgIpc) is 2.20. The molecule has 1 rings (SSSR count). The fraction of sp³-hybridized carbons (Fsp3) is 0.182. The van der Waals surface area contributed by atoms with E-state index in [1.54, 1.807) is 24.5 Å². The second-order valence-electron chi connectivity index (χ2n) is 2.53. The van der Waals surface area contributed by atoms with Crippen molar-refractivity contribution in [1.82, 2.24) is 0 Å². The number of thioether (sulfide) groups is 1. The molecule has 0 bridgehead atoms. The van der Waals surface area contributed by atoms with Crippen molar-refractivity contribution in [2.75, 3.05) is 6.61 Å². The molecule has 3 heteroatoms. The minimum atomic E-state index is -0.275. The highest BCUT2D eigenvalue weighted by Gasteiger charge is 2.04. The van der Waals surface area contributed by atoms with Gasteiger partial charge in [0.15, 0.2) is 0 Å². The first-order valence-corrected chi connectivity index (χ1v) is 5.20. The van der Waals surface area contributed by atoms with Crippen molar-refractivity contribution in [1.29, 1.82) is 0 Å². The van der Waals surface area contributed by atoms with Crippen LogP contribution >= 0.6 is 11.8 Å². The molecule has 0 N–H and O–H groups in total. The van der Waals surface area contributed by atoms with Gasteiger partial charge in [-0.3, -0.25) is 0 Å². The molecular weight excluding hydrogens is 196 g/mol. The van der Waals surface area contributed by atoms with E-state index < -0.39 is 0 Å². The van der Waals surface area contributed by atoms with Gasteiger partial charge in [0.05, 0.1) is 12.2 Å². The minimum Gasteiger partial charge on any atom is -0.462 e. The summed E-state index contributed by atoms with van der Waals surface area (Å²) in [5.74, 6) is -0.275. The van der Waals surface area contributed by atoms with Crippen LogP contribution in [0.2, 0.25) is 0 Å². The number of hydrogen-bond acceptors (Lipinski definition) is 3. The zero-order valence-electron chi connectivity index (χ0n) is 8.03. The maximum atomic E-state index is 11.3. The molecule has 0 unspecified atom stereocenters. The third-order valence-corrected chi connectivity index (χ3v) is 2.30. The maximum Gasteiger partial charge on any atom is 0.338 e. The number of carbonyl (C=O) groups is 1. The molecule has 0 heterocycles. The van der Waals surface area contributed by atoms with Crippen LogP contribution in [0.5, 0.6) is 0 Å². The molecule has 0 amide bonds. The molecule has 0 aromatic heterocycles. The van der Waals surface area contributed by atoms with Gasteiger partial charge >= 0.3 is 5.97 Å². The Kier molecular flexibility index (Phi) is 4.26. The van der Waals surface area contributed by atoms with Crippen LogP contribution in [-0.2, 0) is 4.74 Å². The van der Waals surface area contributed by atoms with E-state index in [2.05, 4.69) is 6.58 Å². The normalized spacial score (nSPS) is 9.50. The van der Waals surface area contributed by atoms with E-state index in [0.717, 1.165) is 4.90 Å². The van der Waals surface area contributed by atoms with E-state index in [9.17, 15) is 4.79 Å². The smallest absolute Gasteiger partial charge is 0.338 e. The Morgan fingerprint density at radius 1 is 1.50 bits per heavy atom. The second-order valence-corrected chi connectivity index (χ2v) is 3.57. The summed E-state index contributed by atoms with van der Waals surface area (Å²) in [4.78, 5) is 12.3. The molecule has 0 saturated heterocycles. The SMILES string of the molecule is C=CSc1ccc(C(=O)OCC)cc1. The summed E-state index contributed by atoms with van der Waals surface area (Å²) < 4.78 is 4.86. The van der Waals surface area contributed by atoms with E-state index in [-0.39, 0.29) is 5.97 Å². The zero-order valence-corrected chi connectivity index (χ0v) is 8.84. The third kappa shape index (κ3) is 2.92. The molecule has 14 heavy (non-hydrogen) atoms. The van der Waals surface area contributed by atoms with Crippen molar-refractivity contribution >= 4 is 17.7 Å². The number of benzene rings is 1. The van der Waals surface area contributed by atoms with Crippen LogP contribution in [0.3, 0.4) is 0 Å². The molecular formula is C11H12O2S. The summed E-state index contributed by atoms with van der Waals surface area (Å²) in [6.07, 6.45) is 0. The molecule has 0 atom stereocenters. The highest BCUT2D eigenvalue weighted by molar-refractivity contribution is 8.02. The van der Waals surface area contributed by atoms with Gasteiger partial charge in [-0.25, -0.2) is 4.79 Å². The molecule has 0 radical (unpaired) electrons. The molecule has 0 aliphatic carbocycles. The van der Waals surface area contributed by atoms with Crippen molar-refractivity contribution in [3.05, 3.63) is 41.8 Å². The number of ether oxygens (including phenoxy) is 1. The lowest BCUT2D eigenvalue weighted by Gasteiger charge is -2.01. The number of carbonyl (C=O) groups excluding carboxylic acids is 1. The van der Waals surface area contributed by atoms with Crippen molar-refractivity contribution in [3.8, 4) is 0 Å². The fourth-order valence-corrected chi connectivity index (χ4v) is 1.47. The summed E-state index contributed by atoms with van der Waals surface area (Å²) in [6.45, 7) is 5.81. The molecule has 0 spiro atoms. The fourth-order valence-electron chi connectivity index (χ4n) is 0.980. The molecule has 0 saturated carbocycles. The first-order valence-electron chi connectivity index (χ1n) is 4.32. The standard InChI is InChI=1S/C11H12O2S/c1-3-13-11(12)9-5-7-10(8-6-9)14-4-2/h4-8H,2-3H2,1H3. The van der Waals surface area contributed by atoms with Crippen LogP contribution in [0, 0.1) is 0 Å². The number of hydrogen-bond donors (Lipinski definition) is 0. The molecule has 74 valence electrons. The zero-order chi connectivity index (χ0) is 10.4. The lowest BCUT2D eigenvalue weighted by atomic mass is 10.2. The summed E-state index contributed by atoms with van der Waals surface area (Å²) in [7, 11) is 0. The van der Waals surface area contributed by atoms with Crippen LogP contribution in [0.15, 0.2) is 41.1 Å². The minimum absolute atomic E-state index is 0.275. The Morgan fingerprint density at radius 3 is 2.64 bits per heavy atom. The van der Waals surface area contributed by atoms with Crippen LogP contribution in [0.4, 0.5) is 0 Å². The maximum absolute atomic E-state index is 11.3. The van der Waals surface area contributed by atoms with Crippen molar-refractivity contribution < 1.29 is 9.53 Å². The van der Waals surface area contributed by atoms with Crippen molar-refractivity contribution in [2.45, 2.75) is 11.8 Å². The monoisotopic (exact) mass is 208 g/mol. The Hall–Kier alpha value is -1.22. The molecule has 0 aliphatic rings. The van der Waals surface area contributed by atoms with Gasteiger partial charge in [-0.2, -0.15) is 0 Å².